The van der Waals surface area contributed by atoms with E-state index in [-0.39, 0.29) is 11.8 Å². The minimum absolute atomic E-state index is 0.262. The fraction of sp³-hybridized carbons (Fsp3) is 0.211. The minimum atomic E-state index is -0.575. The summed E-state index contributed by atoms with van der Waals surface area (Å²) in [6.45, 7) is 0.491. The fourth-order valence-electron chi connectivity index (χ4n) is 3.34. The van der Waals surface area contributed by atoms with Gasteiger partial charge < -0.3 is 4.90 Å². The van der Waals surface area contributed by atoms with Gasteiger partial charge in [0.2, 0.25) is 0 Å². The van der Waals surface area contributed by atoms with Crippen LogP contribution >= 0.6 is 23.2 Å². The summed E-state index contributed by atoms with van der Waals surface area (Å²) in [5, 5.41) is 0.740. The summed E-state index contributed by atoms with van der Waals surface area (Å²) < 4.78 is 1.57. The lowest BCUT2D eigenvalue weighted by atomic mass is 10.1. The molecule has 0 bridgehead atoms. The molecule has 3 aromatic rings. The molecule has 0 radical (unpaired) electrons. The average molecular weight is 403 g/mol. The van der Waals surface area contributed by atoms with Crippen molar-refractivity contribution in [3.05, 3.63) is 64.4 Å². The highest BCUT2D eigenvalue weighted by atomic mass is 35.5. The zero-order valence-corrected chi connectivity index (χ0v) is 15.7. The summed E-state index contributed by atoms with van der Waals surface area (Å²) in [7, 11) is 0. The van der Waals surface area contributed by atoms with Crippen LogP contribution in [-0.2, 0) is 4.79 Å². The molecule has 27 heavy (non-hydrogen) atoms. The van der Waals surface area contributed by atoms with Crippen molar-refractivity contribution < 1.29 is 9.59 Å². The number of halogens is 2. The Morgan fingerprint density at radius 2 is 1.96 bits per heavy atom. The molecule has 1 aliphatic rings. The summed E-state index contributed by atoms with van der Waals surface area (Å²) in [4.78, 5) is 31.6. The van der Waals surface area contributed by atoms with Gasteiger partial charge in [0, 0.05) is 11.6 Å². The number of nitrogens with one attached hydrogen (secondary N) is 1. The molecule has 1 fully saturated rings. The minimum Gasteiger partial charge on any atom is -0.327 e. The summed E-state index contributed by atoms with van der Waals surface area (Å²) in [6.07, 6.45) is 2.88. The van der Waals surface area contributed by atoms with Crippen LogP contribution < -0.4 is 5.43 Å². The Hall–Kier alpha value is -2.57. The van der Waals surface area contributed by atoms with Crippen LogP contribution in [0.3, 0.4) is 0 Å². The van der Waals surface area contributed by atoms with Gasteiger partial charge in [-0.25, -0.2) is 9.66 Å². The summed E-state index contributed by atoms with van der Waals surface area (Å²) in [5.74, 6) is -0.558. The third-order valence-electron chi connectivity index (χ3n) is 4.66. The van der Waals surface area contributed by atoms with E-state index in [1.54, 1.807) is 28.0 Å². The first-order chi connectivity index (χ1) is 13.0. The van der Waals surface area contributed by atoms with Gasteiger partial charge in [-0.3, -0.25) is 15.0 Å². The third kappa shape index (κ3) is 3.38. The Balaban J connectivity index is 1.56. The van der Waals surface area contributed by atoms with E-state index in [9.17, 15) is 9.59 Å². The van der Waals surface area contributed by atoms with Crippen molar-refractivity contribution in [2.24, 2.45) is 0 Å². The topological polar surface area (TPSA) is 67.2 Å². The van der Waals surface area contributed by atoms with Gasteiger partial charge in [-0.15, -0.1) is 0 Å². The van der Waals surface area contributed by atoms with Crippen molar-refractivity contribution >= 4 is 46.0 Å². The predicted octanol–water partition coefficient (Wildman–Crippen LogP) is 3.72. The Labute approximate surface area is 165 Å². The molecule has 1 N–H and O–H groups in total. The quantitative estimate of drug-likeness (QED) is 0.725. The van der Waals surface area contributed by atoms with Crippen molar-refractivity contribution in [3.63, 3.8) is 0 Å². The van der Waals surface area contributed by atoms with Crippen LogP contribution in [0, 0.1) is 0 Å². The number of fused-ring (bicyclic) bond motifs is 1. The molecule has 2 aromatic carbocycles. The molecule has 1 aromatic heterocycles. The number of aromatic nitrogens is 2. The van der Waals surface area contributed by atoms with Crippen molar-refractivity contribution in [2.75, 3.05) is 12.0 Å². The highest BCUT2D eigenvalue weighted by Gasteiger charge is 2.35. The first-order valence-corrected chi connectivity index (χ1v) is 9.29. The maximum Gasteiger partial charge on any atom is 0.261 e. The van der Waals surface area contributed by atoms with E-state index in [1.165, 1.54) is 6.07 Å². The van der Waals surface area contributed by atoms with Crippen LogP contribution in [0.4, 0.5) is 0 Å². The lowest BCUT2D eigenvalue weighted by molar-refractivity contribution is -0.120. The van der Waals surface area contributed by atoms with E-state index in [1.807, 2.05) is 24.3 Å². The number of amides is 2. The lowest BCUT2D eigenvalue weighted by Crippen LogP contribution is -2.45. The number of hydrogen-bond donors (Lipinski definition) is 1. The molecule has 1 atom stereocenters. The molecule has 1 aliphatic heterocycles. The molecule has 2 amide bonds. The van der Waals surface area contributed by atoms with Crippen LogP contribution in [0.15, 0.2) is 48.8 Å². The van der Waals surface area contributed by atoms with Crippen molar-refractivity contribution in [1.82, 2.24) is 14.6 Å². The number of rotatable bonds is 3. The average Bonchev–Trinajstić information content (AvgIpc) is 3.31. The predicted molar refractivity (Wildman–Crippen MR) is 105 cm³/mol. The largest absolute Gasteiger partial charge is 0.327 e. The van der Waals surface area contributed by atoms with Gasteiger partial charge in [-0.1, -0.05) is 35.3 Å². The molecular formula is C19H16Cl2N4O2. The zero-order valence-electron chi connectivity index (χ0n) is 14.2. The van der Waals surface area contributed by atoms with Crippen LogP contribution in [0.25, 0.3) is 11.0 Å². The van der Waals surface area contributed by atoms with Crippen LogP contribution in [0.2, 0.25) is 10.0 Å². The number of carbonyl (C=O) groups excluding carboxylic acids is 2. The number of likely N-dealkylation sites (tertiary alicyclic amines) is 1. The van der Waals surface area contributed by atoms with E-state index in [2.05, 4.69) is 10.4 Å². The number of carbonyl (C=O) groups is 2. The lowest BCUT2D eigenvalue weighted by Gasteiger charge is -2.24. The second kappa shape index (κ2) is 7.21. The van der Waals surface area contributed by atoms with E-state index >= 15 is 0 Å². The fourth-order valence-corrected chi connectivity index (χ4v) is 3.71. The van der Waals surface area contributed by atoms with E-state index in [0.717, 1.165) is 17.5 Å². The number of para-hydroxylation sites is 2. The van der Waals surface area contributed by atoms with Crippen molar-refractivity contribution in [3.8, 4) is 0 Å². The SMILES string of the molecule is O=C(Nn1cnc2ccccc21)[C@H]1CCCN1C(=O)c1cc(Cl)ccc1Cl. The number of benzene rings is 2. The van der Waals surface area contributed by atoms with Crippen LogP contribution in [0.5, 0.6) is 0 Å². The molecular weight excluding hydrogens is 387 g/mol. The maximum atomic E-state index is 12.9. The second-order valence-corrected chi connectivity index (χ2v) is 7.20. The van der Waals surface area contributed by atoms with Crippen molar-refractivity contribution in [2.45, 2.75) is 18.9 Å². The summed E-state index contributed by atoms with van der Waals surface area (Å²) in [6, 6.07) is 11.7. The van der Waals surface area contributed by atoms with Gasteiger partial charge in [0.25, 0.3) is 11.8 Å². The molecule has 0 unspecified atom stereocenters. The molecule has 8 heteroatoms. The highest BCUT2D eigenvalue weighted by molar-refractivity contribution is 6.35. The van der Waals surface area contributed by atoms with E-state index in [0.29, 0.717) is 28.6 Å². The Bertz CT molecular complexity index is 1030. The Kier molecular flexibility index (Phi) is 4.76. The Morgan fingerprint density at radius 3 is 2.81 bits per heavy atom. The molecule has 0 aliphatic carbocycles. The summed E-state index contributed by atoms with van der Waals surface area (Å²) >= 11 is 12.2. The maximum absolute atomic E-state index is 12.9. The van der Waals surface area contributed by atoms with Crippen molar-refractivity contribution in [1.29, 1.82) is 0 Å². The molecule has 4 rings (SSSR count). The highest BCUT2D eigenvalue weighted by Crippen LogP contribution is 2.26. The first-order valence-electron chi connectivity index (χ1n) is 8.53. The smallest absolute Gasteiger partial charge is 0.261 e. The molecule has 2 heterocycles. The standard InChI is InChI=1S/C19H16Cl2N4O2/c20-12-7-8-14(21)13(10-12)19(27)24-9-3-6-17(24)18(26)23-25-11-22-15-4-1-2-5-16(15)25/h1-2,4-5,7-8,10-11,17H,3,6,9H2,(H,23,26)/t17-/m1/s1. The summed E-state index contributed by atoms with van der Waals surface area (Å²) in [5.41, 5.74) is 4.71. The molecule has 1 saturated heterocycles. The van der Waals surface area contributed by atoms with E-state index in [4.69, 9.17) is 23.2 Å². The normalized spacial score (nSPS) is 16.7. The molecule has 6 nitrogen and oxygen atoms in total. The van der Waals surface area contributed by atoms with Crippen LogP contribution in [0.1, 0.15) is 23.2 Å². The second-order valence-electron chi connectivity index (χ2n) is 6.36. The van der Waals surface area contributed by atoms with Gasteiger partial charge in [0.1, 0.15) is 12.4 Å². The number of hydrogen-bond acceptors (Lipinski definition) is 3. The molecule has 0 spiro atoms. The first kappa shape index (κ1) is 17.8. The third-order valence-corrected chi connectivity index (χ3v) is 5.22. The van der Waals surface area contributed by atoms with Gasteiger partial charge in [-0.05, 0) is 43.2 Å². The van der Waals surface area contributed by atoms with Crippen LogP contribution in [-0.4, -0.2) is 39.0 Å². The van der Waals surface area contributed by atoms with Gasteiger partial charge in [0.15, 0.2) is 0 Å². The van der Waals surface area contributed by atoms with Gasteiger partial charge in [-0.2, -0.15) is 0 Å². The van der Waals surface area contributed by atoms with Gasteiger partial charge in [0.05, 0.1) is 21.6 Å². The van der Waals surface area contributed by atoms with Gasteiger partial charge >= 0.3 is 0 Å². The molecule has 0 saturated carbocycles. The number of nitrogens with zero attached hydrogens (tertiary/aromatic N) is 3. The monoisotopic (exact) mass is 402 g/mol. The number of imidazole rings is 1. The molecule has 138 valence electrons. The Morgan fingerprint density at radius 1 is 1.15 bits per heavy atom. The van der Waals surface area contributed by atoms with E-state index < -0.39 is 6.04 Å². The zero-order chi connectivity index (χ0) is 19.0.